The Bertz CT molecular complexity index is 354. The largest absolute Gasteiger partial charge is 0.383 e. The quantitative estimate of drug-likeness (QED) is 0.666. The first-order valence-corrected chi connectivity index (χ1v) is 7.50. The summed E-state index contributed by atoms with van der Waals surface area (Å²) in [6.45, 7) is 9.22. The van der Waals surface area contributed by atoms with E-state index in [2.05, 4.69) is 29.0 Å². The van der Waals surface area contributed by atoms with Crippen LogP contribution in [-0.2, 0) is 22.6 Å². The van der Waals surface area contributed by atoms with Gasteiger partial charge in [-0.05, 0) is 13.8 Å². The Balaban J connectivity index is 2.70. The molecule has 0 saturated carbocycles. The maximum Gasteiger partial charge on any atom is 0.185 e. The molecule has 0 spiro atoms. The van der Waals surface area contributed by atoms with Crippen molar-refractivity contribution in [3.05, 3.63) is 10.6 Å². The minimum Gasteiger partial charge on any atom is -0.383 e. The van der Waals surface area contributed by atoms with Gasteiger partial charge in [-0.2, -0.15) is 0 Å². The highest BCUT2D eigenvalue weighted by atomic mass is 32.1. The van der Waals surface area contributed by atoms with Crippen LogP contribution in [0.4, 0.5) is 5.13 Å². The van der Waals surface area contributed by atoms with Crippen molar-refractivity contribution in [2.45, 2.75) is 27.0 Å². The molecule has 0 radical (unpaired) electrons. The molecule has 1 N–H and O–H groups in total. The van der Waals surface area contributed by atoms with E-state index < -0.39 is 0 Å². The number of nitrogens with one attached hydrogen (secondary N) is 1. The van der Waals surface area contributed by atoms with Gasteiger partial charge in [0.15, 0.2) is 5.13 Å². The van der Waals surface area contributed by atoms with Crippen molar-refractivity contribution in [3.8, 4) is 0 Å². The molecule has 0 fully saturated rings. The predicted molar refractivity (Wildman–Crippen MR) is 80.0 cm³/mol. The molecule has 1 heterocycles. The first-order chi connectivity index (χ1) is 9.26. The van der Waals surface area contributed by atoms with Gasteiger partial charge in [0.05, 0.1) is 18.9 Å². The van der Waals surface area contributed by atoms with E-state index in [0.29, 0.717) is 6.61 Å². The molecule has 110 valence electrons. The summed E-state index contributed by atoms with van der Waals surface area (Å²) in [6.07, 6.45) is 0. The van der Waals surface area contributed by atoms with E-state index in [1.807, 2.05) is 0 Å². The van der Waals surface area contributed by atoms with Crippen LogP contribution in [0.15, 0.2) is 0 Å². The Hall–Kier alpha value is -0.690. The van der Waals surface area contributed by atoms with E-state index in [-0.39, 0.29) is 0 Å². The standard InChI is InChI=1S/C13H25N3O2S/c1-5-16(6-2)13-15-11(10-18-4)12(19-13)9-14-7-8-17-3/h14H,5-10H2,1-4H3. The number of ether oxygens (including phenoxy) is 2. The third-order valence-corrected chi connectivity index (χ3v) is 4.01. The lowest BCUT2D eigenvalue weighted by molar-refractivity contribution is 0.181. The van der Waals surface area contributed by atoms with Crippen LogP contribution in [0.5, 0.6) is 0 Å². The molecular formula is C13H25N3O2S. The summed E-state index contributed by atoms with van der Waals surface area (Å²) in [5, 5.41) is 4.44. The zero-order chi connectivity index (χ0) is 14.1. The third-order valence-electron chi connectivity index (χ3n) is 2.85. The monoisotopic (exact) mass is 287 g/mol. The summed E-state index contributed by atoms with van der Waals surface area (Å²) in [6, 6.07) is 0. The van der Waals surface area contributed by atoms with Crippen molar-refractivity contribution in [1.82, 2.24) is 10.3 Å². The normalized spacial score (nSPS) is 10.9. The van der Waals surface area contributed by atoms with Crippen LogP contribution in [0.1, 0.15) is 24.4 Å². The molecule has 6 heteroatoms. The smallest absolute Gasteiger partial charge is 0.185 e. The summed E-state index contributed by atoms with van der Waals surface area (Å²) in [7, 11) is 3.42. The number of hydrogen-bond donors (Lipinski definition) is 1. The predicted octanol–water partition coefficient (Wildman–Crippen LogP) is 1.87. The molecule has 0 bridgehead atoms. The van der Waals surface area contributed by atoms with Crippen molar-refractivity contribution in [2.24, 2.45) is 0 Å². The minimum absolute atomic E-state index is 0.569. The molecule has 0 saturated heterocycles. The molecule has 0 amide bonds. The van der Waals surface area contributed by atoms with E-state index >= 15 is 0 Å². The summed E-state index contributed by atoms with van der Waals surface area (Å²) in [5.41, 5.74) is 1.04. The number of methoxy groups -OCH3 is 2. The first kappa shape index (κ1) is 16.4. The number of nitrogens with zero attached hydrogens (tertiary/aromatic N) is 2. The summed E-state index contributed by atoms with van der Waals surface area (Å²) in [4.78, 5) is 8.21. The van der Waals surface area contributed by atoms with Crippen LogP contribution in [0.3, 0.4) is 0 Å². The number of anilines is 1. The average molecular weight is 287 g/mol. The molecule has 1 aromatic heterocycles. The van der Waals surface area contributed by atoms with Gasteiger partial charge in [0.25, 0.3) is 0 Å². The highest BCUT2D eigenvalue weighted by Gasteiger charge is 2.14. The maximum atomic E-state index is 5.23. The SMILES string of the molecule is CCN(CC)c1nc(COC)c(CNCCOC)s1. The molecule has 1 rings (SSSR count). The van der Waals surface area contributed by atoms with E-state index in [4.69, 9.17) is 9.47 Å². The Morgan fingerprint density at radius 1 is 1.21 bits per heavy atom. The van der Waals surface area contributed by atoms with Crippen LogP contribution in [0.2, 0.25) is 0 Å². The Labute approximate surface area is 119 Å². The number of aromatic nitrogens is 1. The van der Waals surface area contributed by atoms with Gasteiger partial charge >= 0.3 is 0 Å². The second-order valence-corrected chi connectivity index (χ2v) is 5.20. The molecule has 0 aliphatic carbocycles. The lowest BCUT2D eigenvalue weighted by atomic mass is 10.3. The molecule has 0 atom stereocenters. The molecule has 1 aromatic rings. The van der Waals surface area contributed by atoms with Crippen LogP contribution < -0.4 is 10.2 Å². The first-order valence-electron chi connectivity index (χ1n) is 6.68. The van der Waals surface area contributed by atoms with Gasteiger partial charge in [-0.25, -0.2) is 4.98 Å². The molecule has 5 nitrogen and oxygen atoms in total. The molecule has 0 unspecified atom stereocenters. The molecule has 0 aromatic carbocycles. The van der Waals surface area contributed by atoms with Crippen LogP contribution in [0.25, 0.3) is 0 Å². The Kier molecular flexibility index (Phi) is 7.97. The fourth-order valence-corrected chi connectivity index (χ4v) is 2.92. The molecule has 0 aliphatic rings. The second kappa shape index (κ2) is 9.25. The topological polar surface area (TPSA) is 46.6 Å². The maximum absolute atomic E-state index is 5.23. The fourth-order valence-electron chi connectivity index (χ4n) is 1.76. The second-order valence-electron chi connectivity index (χ2n) is 4.14. The van der Waals surface area contributed by atoms with E-state index in [0.717, 1.165) is 43.6 Å². The van der Waals surface area contributed by atoms with Gasteiger partial charge in [0.1, 0.15) is 0 Å². The highest BCUT2D eigenvalue weighted by molar-refractivity contribution is 7.15. The molecule has 0 aliphatic heterocycles. The van der Waals surface area contributed by atoms with Gasteiger partial charge in [-0.15, -0.1) is 11.3 Å². The van der Waals surface area contributed by atoms with Crippen LogP contribution in [0, 0.1) is 0 Å². The fraction of sp³-hybridized carbons (Fsp3) is 0.769. The van der Waals surface area contributed by atoms with Gasteiger partial charge in [0.2, 0.25) is 0 Å². The minimum atomic E-state index is 0.569. The van der Waals surface area contributed by atoms with E-state index in [1.54, 1.807) is 25.6 Å². The summed E-state index contributed by atoms with van der Waals surface area (Å²) < 4.78 is 10.3. The Morgan fingerprint density at radius 2 is 1.95 bits per heavy atom. The van der Waals surface area contributed by atoms with Crippen LogP contribution >= 0.6 is 11.3 Å². The number of rotatable bonds is 10. The third kappa shape index (κ3) is 5.06. The van der Waals surface area contributed by atoms with Crippen molar-refractivity contribution >= 4 is 16.5 Å². The van der Waals surface area contributed by atoms with Gasteiger partial charge < -0.3 is 19.7 Å². The van der Waals surface area contributed by atoms with Gasteiger partial charge in [0, 0.05) is 45.3 Å². The van der Waals surface area contributed by atoms with Gasteiger partial charge in [-0.3, -0.25) is 0 Å². The zero-order valence-corrected chi connectivity index (χ0v) is 13.2. The molecular weight excluding hydrogens is 262 g/mol. The van der Waals surface area contributed by atoms with Gasteiger partial charge in [-0.1, -0.05) is 0 Å². The van der Waals surface area contributed by atoms with Crippen molar-refractivity contribution in [3.63, 3.8) is 0 Å². The number of thiazole rings is 1. The van der Waals surface area contributed by atoms with E-state index in [9.17, 15) is 0 Å². The Morgan fingerprint density at radius 3 is 2.53 bits per heavy atom. The highest BCUT2D eigenvalue weighted by Crippen LogP contribution is 2.26. The summed E-state index contributed by atoms with van der Waals surface area (Å²) in [5.74, 6) is 0. The average Bonchev–Trinajstić information content (AvgIpc) is 2.80. The zero-order valence-electron chi connectivity index (χ0n) is 12.4. The summed E-state index contributed by atoms with van der Waals surface area (Å²) >= 11 is 1.75. The number of hydrogen-bond acceptors (Lipinski definition) is 6. The van der Waals surface area contributed by atoms with Crippen molar-refractivity contribution in [1.29, 1.82) is 0 Å². The lowest BCUT2D eigenvalue weighted by Gasteiger charge is -2.16. The van der Waals surface area contributed by atoms with Crippen LogP contribution in [-0.4, -0.2) is 45.4 Å². The van der Waals surface area contributed by atoms with Crippen molar-refractivity contribution < 1.29 is 9.47 Å². The van der Waals surface area contributed by atoms with E-state index in [1.165, 1.54) is 4.88 Å². The molecule has 19 heavy (non-hydrogen) atoms. The lowest BCUT2D eigenvalue weighted by Crippen LogP contribution is -2.21. The van der Waals surface area contributed by atoms with Crippen molar-refractivity contribution in [2.75, 3.05) is 45.4 Å².